The van der Waals surface area contributed by atoms with Crippen molar-refractivity contribution in [3.63, 3.8) is 0 Å². The Hall–Kier alpha value is -2.36. The van der Waals surface area contributed by atoms with Gasteiger partial charge in [0.05, 0.1) is 24.1 Å². The molecule has 5 nitrogen and oxygen atoms in total. The summed E-state index contributed by atoms with van der Waals surface area (Å²) in [6.07, 6.45) is 4.47. The van der Waals surface area contributed by atoms with Crippen LogP contribution in [0.15, 0.2) is 36.5 Å². The normalized spacial score (nSPS) is 19.9. The van der Waals surface area contributed by atoms with Crippen LogP contribution in [-0.2, 0) is 17.7 Å². The van der Waals surface area contributed by atoms with Crippen molar-refractivity contribution < 1.29 is 9.13 Å². The highest BCUT2D eigenvalue weighted by Crippen LogP contribution is 2.36. The van der Waals surface area contributed by atoms with Crippen molar-refractivity contribution in [2.24, 2.45) is 5.41 Å². The predicted molar refractivity (Wildman–Crippen MR) is 100 cm³/mol. The maximum atomic E-state index is 13.1. The molecule has 1 aliphatic heterocycles. The summed E-state index contributed by atoms with van der Waals surface area (Å²) in [4.78, 5) is 2.33. The van der Waals surface area contributed by atoms with Gasteiger partial charge < -0.3 is 4.74 Å². The minimum absolute atomic E-state index is 0.0689. The van der Waals surface area contributed by atoms with Crippen molar-refractivity contribution in [1.82, 2.24) is 15.1 Å². The van der Waals surface area contributed by atoms with E-state index in [0.29, 0.717) is 25.3 Å². The number of nitriles is 1. The van der Waals surface area contributed by atoms with Crippen LogP contribution < -0.4 is 0 Å². The third-order valence-corrected chi connectivity index (χ3v) is 5.28. The number of likely N-dealkylation sites (tertiary alicyclic amines) is 1. The first kappa shape index (κ1) is 19.4. The van der Waals surface area contributed by atoms with Gasteiger partial charge in [-0.05, 0) is 56.5 Å². The van der Waals surface area contributed by atoms with Crippen LogP contribution in [0.4, 0.5) is 4.39 Å². The van der Waals surface area contributed by atoms with Gasteiger partial charge in [0.2, 0.25) is 0 Å². The van der Waals surface area contributed by atoms with Gasteiger partial charge in [-0.25, -0.2) is 4.39 Å². The molecule has 1 aliphatic rings. The third kappa shape index (κ3) is 5.09. The van der Waals surface area contributed by atoms with Gasteiger partial charge in [0.1, 0.15) is 11.9 Å². The second kappa shape index (κ2) is 9.03. The van der Waals surface area contributed by atoms with Gasteiger partial charge in [-0.15, -0.1) is 0 Å². The number of rotatable bonds is 8. The smallest absolute Gasteiger partial charge is 0.123 e. The quantitative estimate of drug-likeness (QED) is 0.715. The summed E-state index contributed by atoms with van der Waals surface area (Å²) >= 11 is 0. The second-order valence-corrected chi connectivity index (χ2v) is 7.23. The van der Waals surface area contributed by atoms with Gasteiger partial charge in [-0.2, -0.15) is 15.5 Å². The van der Waals surface area contributed by atoms with Gasteiger partial charge in [-0.1, -0.05) is 12.1 Å². The molecule has 0 saturated carbocycles. The van der Waals surface area contributed by atoms with Gasteiger partial charge in [0, 0.05) is 25.1 Å². The number of hydrogen-bond donors (Lipinski definition) is 0. The Kier molecular flexibility index (Phi) is 6.49. The first-order valence-electron chi connectivity index (χ1n) is 9.39. The summed E-state index contributed by atoms with van der Waals surface area (Å²) in [7, 11) is 0. The number of ether oxygens (including phenoxy) is 1. The lowest BCUT2D eigenvalue weighted by atomic mass is 9.82. The SMILES string of the molecule is CCOCC1(CCc2ccc(F)cc2)CCN(Cc2nnccc2C#N)C1. The standard InChI is InChI=1S/C21H25FN4O/c1-2-27-16-21(9-7-17-3-5-19(22)6-4-17)10-12-26(15-21)14-20-18(13-23)8-11-24-25-20/h3-6,8,11H,2,7,9-10,12,14-16H2,1H3. The molecule has 1 aromatic carbocycles. The molecule has 0 bridgehead atoms. The van der Waals surface area contributed by atoms with Crippen LogP contribution in [0.3, 0.4) is 0 Å². The molecule has 1 atom stereocenters. The Balaban J connectivity index is 1.66. The predicted octanol–water partition coefficient (Wildman–Crippen LogP) is 3.35. The van der Waals surface area contributed by atoms with E-state index in [2.05, 4.69) is 21.2 Å². The van der Waals surface area contributed by atoms with E-state index in [1.54, 1.807) is 12.3 Å². The van der Waals surface area contributed by atoms with E-state index in [-0.39, 0.29) is 11.2 Å². The van der Waals surface area contributed by atoms with Gasteiger partial charge >= 0.3 is 0 Å². The van der Waals surface area contributed by atoms with Crippen molar-refractivity contribution in [3.05, 3.63) is 59.2 Å². The molecule has 2 heterocycles. The molecule has 3 rings (SSSR count). The van der Waals surface area contributed by atoms with Crippen LogP contribution in [-0.4, -0.2) is 41.4 Å². The summed E-state index contributed by atoms with van der Waals surface area (Å²) in [6, 6.07) is 10.6. The number of aromatic nitrogens is 2. The largest absolute Gasteiger partial charge is 0.381 e. The average molecular weight is 368 g/mol. The summed E-state index contributed by atoms with van der Waals surface area (Å²) in [5.41, 5.74) is 2.52. The molecule has 0 spiro atoms. The van der Waals surface area contributed by atoms with E-state index in [1.807, 2.05) is 19.1 Å². The highest BCUT2D eigenvalue weighted by Gasteiger charge is 2.38. The minimum atomic E-state index is -0.202. The fourth-order valence-electron chi connectivity index (χ4n) is 3.73. The van der Waals surface area contributed by atoms with Crippen LogP contribution in [0.2, 0.25) is 0 Å². The molecule has 0 radical (unpaired) electrons. The van der Waals surface area contributed by atoms with Crippen molar-refractivity contribution >= 4 is 0 Å². The number of halogens is 1. The van der Waals surface area contributed by atoms with E-state index < -0.39 is 0 Å². The van der Waals surface area contributed by atoms with E-state index in [4.69, 9.17) is 4.74 Å². The maximum absolute atomic E-state index is 13.1. The molecule has 0 aliphatic carbocycles. The lowest BCUT2D eigenvalue weighted by Crippen LogP contribution is -2.32. The molecular formula is C21H25FN4O. The van der Waals surface area contributed by atoms with Crippen LogP contribution in [0.5, 0.6) is 0 Å². The van der Waals surface area contributed by atoms with Crippen LogP contribution in [0.25, 0.3) is 0 Å². The number of aryl methyl sites for hydroxylation is 1. The molecule has 1 saturated heterocycles. The zero-order chi connectivity index (χ0) is 19.1. The molecule has 1 aromatic heterocycles. The monoisotopic (exact) mass is 368 g/mol. The third-order valence-electron chi connectivity index (χ3n) is 5.28. The zero-order valence-electron chi connectivity index (χ0n) is 15.7. The fourth-order valence-corrected chi connectivity index (χ4v) is 3.73. The Bertz CT molecular complexity index is 790. The Morgan fingerprint density at radius 1 is 1.30 bits per heavy atom. The molecule has 0 amide bonds. The molecule has 1 fully saturated rings. The Labute approximate surface area is 159 Å². The number of hydrogen-bond acceptors (Lipinski definition) is 5. The topological polar surface area (TPSA) is 62.0 Å². The van der Waals surface area contributed by atoms with Gasteiger partial charge in [0.25, 0.3) is 0 Å². The Morgan fingerprint density at radius 2 is 2.11 bits per heavy atom. The first-order valence-corrected chi connectivity index (χ1v) is 9.39. The van der Waals surface area contributed by atoms with E-state index in [9.17, 15) is 9.65 Å². The van der Waals surface area contributed by atoms with Crippen LogP contribution in [0, 0.1) is 22.6 Å². The highest BCUT2D eigenvalue weighted by atomic mass is 19.1. The summed E-state index contributed by atoms with van der Waals surface area (Å²) in [6.45, 7) is 5.89. The van der Waals surface area contributed by atoms with Crippen molar-refractivity contribution in [2.75, 3.05) is 26.3 Å². The van der Waals surface area contributed by atoms with E-state index in [1.165, 1.54) is 12.1 Å². The van der Waals surface area contributed by atoms with Crippen molar-refractivity contribution in [3.8, 4) is 6.07 Å². The summed E-state index contributed by atoms with van der Waals surface area (Å²) in [5.74, 6) is -0.202. The van der Waals surface area contributed by atoms with Crippen LogP contribution >= 0.6 is 0 Å². The number of nitrogens with zero attached hydrogens (tertiary/aromatic N) is 4. The molecule has 1 unspecified atom stereocenters. The fraction of sp³-hybridized carbons (Fsp3) is 0.476. The summed E-state index contributed by atoms with van der Waals surface area (Å²) in [5, 5.41) is 17.3. The van der Waals surface area contributed by atoms with Gasteiger partial charge in [-0.3, -0.25) is 4.90 Å². The second-order valence-electron chi connectivity index (χ2n) is 7.23. The zero-order valence-corrected chi connectivity index (χ0v) is 15.7. The Morgan fingerprint density at radius 3 is 2.85 bits per heavy atom. The van der Waals surface area contributed by atoms with Crippen LogP contribution in [0.1, 0.15) is 36.6 Å². The van der Waals surface area contributed by atoms with Crippen molar-refractivity contribution in [1.29, 1.82) is 5.26 Å². The molecular weight excluding hydrogens is 343 g/mol. The highest BCUT2D eigenvalue weighted by molar-refractivity contribution is 5.31. The lowest BCUT2D eigenvalue weighted by molar-refractivity contribution is 0.0488. The number of benzene rings is 1. The van der Waals surface area contributed by atoms with Crippen molar-refractivity contribution in [2.45, 2.75) is 32.7 Å². The van der Waals surface area contributed by atoms with Gasteiger partial charge in [0.15, 0.2) is 0 Å². The lowest BCUT2D eigenvalue weighted by Gasteiger charge is -2.29. The molecule has 2 aromatic rings. The molecule has 27 heavy (non-hydrogen) atoms. The molecule has 0 N–H and O–H groups in total. The molecule has 142 valence electrons. The summed E-state index contributed by atoms with van der Waals surface area (Å²) < 4.78 is 18.9. The minimum Gasteiger partial charge on any atom is -0.381 e. The van der Waals surface area contributed by atoms with E-state index in [0.717, 1.165) is 43.6 Å². The average Bonchev–Trinajstić information content (AvgIpc) is 3.09. The van der Waals surface area contributed by atoms with E-state index >= 15 is 0 Å². The maximum Gasteiger partial charge on any atom is 0.123 e. The molecule has 6 heteroatoms. The first-order chi connectivity index (χ1) is 13.1.